The number of rotatable bonds is 3. The molecule has 1 heterocycles. The Morgan fingerprint density at radius 1 is 1.43 bits per heavy atom. The predicted octanol–water partition coefficient (Wildman–Crippen LogP) is 2.37. The van der Waals surface area contributed by atoms with Crippen LogP contribution in [0, 0.1) is 11.7 Å². The molecule has 76 valence electrons. The second-order valence-corrected chi connectivity index (χ2v) is 4.03. The van der Waals surface area contributed by atoms with E-state index in [1.807, 2.05) is 6.07 Å². The minimum Gasteiger partial charge on any atom is -0.316 e. The topological polar surface area (TPSA) is 12.0 Å². The number of benzene rings is 1. The number of nitrogens with one attached hydrogen (secondary N) is 1. The molecule has 1 fully saturated rings. The zero-order valence-corrected chi connectivity index (χ0v) is 8.30. The maximum Gasteiger partial charge on any atom is 0.123 e. The highest BCUT2D eigenvalue weighted by atomic mass is 19.1. The van der Waals surface area contributed by atoms with Gasteiger partial charge in [-0.3, -0.25) is 0 Å². The Hall–Kier alpha value is -0.890. The van der Waals surface area contributed by atoms with Crippen LogP contribution in [0.3, 0.4) is 0 Å². The number of halogens is 1. The smallest absolute Gasteiger partial charge is 0.123 e. The quantitative estimate of drug-likeness (QED) is 0.777. The van der Waals surface area contributed by atoms with Crippen molar-refractivity contribution in [1.29, 1.82) is 0 Å². The van der Waals surface area contributed by atoms with Crippen LogP contribution in [0.2, 0.25) is 0 Å². The normalized spacial score (nSPS) is 21.4. The minimum atomic E-state index is -0.118. The average Bonchev–Trinajstić information content (AvgIpc) is 2.67. The molecule has 1 aliphatic heterocycles. The molecule has 0 unspecified atom stereocenters. The van der Waals surface area contributed by atoms with Crippen LogP contribution in [0.5, 0.6) is 0 Å². The van der Waals surface area contributed by atoms with E-state index in [-0.39, 0.29) is 5.82 Å². The Kier molecular flexibility index (Phi) is 3.14. The van der Waals surface area contributed by atoms with Gasteiger partial charge in [-0.2, -0.15) is 0 Å². The van der Waals surface area contributed by atoms with E-state index < -0.39 is 0 Å². The third kappa shape index (κ3) is 2.55. The lowest BCUT2D eigenvalue weighted by Gasteiger charge is -2.07. The van der Waals surface area contributed by atoms with Crippen molar-refractivity contribution < 1.29 is 4.39 Å². The van der Waals surface area contributed by atoms with Gasteiger partial charge in [0, 0.05) is 0 Å². The zero-order chi connectivity index (χ0) is 9.80. The second-order valence-electron chi connectivity index (χ2n) is 4.03. The largest absolute Gasteiger partial charge is 0.316 e. The van der Waals surface area contributed by atoms with E-state index in [1.54, 1.807) is 12.1 Å². The van der Waals surface area contributed by atoms with Gasteiger partial charge in [-0.15, -0.1) is 0 Å². The van der Waals surface area contributed by atoms with E-state index in [0.717, 1.165) is 31.0 Å². The SMILES string of the molecule is Fc1cccc(CC[C@H]2CCNC2)c1. The first-order valence-electron chi connectivity index (χ1n) is 5.30. The summed E-state index contributed by atoms with van der Waals surface area (Å²) in [5.41, 5.74) is 1.12. The summed E-state index contributed by atoms with van der Waals surface area (Å²) in [7, 11) is 0. The third-order valence-corrected chi connectivity index (χ3v) is 2.89. The minimum absolute atomic E-state index is 0.118. The Balaban J connectivity index is 1.85. The van der Waals surface area contributed by atoms with Gasteiger partial charge < -0.3 is 5.32 Å². The lowest BCUT2D eigenvalue weighted by Crippen LogP contribution is -2.09. The Bertz CT molecular complexity index is 292. The van der Waals surface area contributed by atoms with Crippen LogP contribution in [-0.4, -0.2) is 13.1 Å². The highest BCUT2D eigenvalue weighted by molar-refractivity contribution is 5.16. The molecule has 1 N–H and O–H groups in total. The lowest BCUT2D eigenvalue weighted by molar-refractivity contribution is 0.531. The molecule has 1 aromatic carbocycles. The van der Waals surface area contributed by atoms with Crippen molar-refractivity contribution in [2.75, 3.05) is 13.1 Å². The average molecular weight is 193 g/mol. The van der Waals surface area contributed by atoms with E-state index in [0.29, 0.717) is 0 Å². The van der Waals surface area contributed by atoms with E-state index in [2.05, 4.69) is 5.32 Å². The predicted molar refractivity (Wildman–Crippen MR) is 55.7 cm³/mol. The summed E-state index contributed by atoms with van der Waals surface area (Å²) >= 11 is 0. The first kappa shape index (κ1) is 9.66. The van der Waals surface area contributed by atoms with Gasteiger partial charge >= 0.3 is 0 Å². The fraction of sp³-hybridized carbons (Fsp3) is 0.500. The van der Waals surface area contributed by atoms with Crippen LogP contribution >= 0.6 is 0 Å². The summed E-state index contributed by atoms with van der Waals surface area (Å²) in [5.74, 6) is 0.672. The van der Waals surface area contributed by atoms with Gasteiger partial charge in [-0.1, -0.05) is 12.1 Å². The van der Waals surface area contributed by atoms with Gasteiger partial charge in [0.1, 0.15) is 5.82 Å². The van der Waals surface area contributed by atoms with Crippen molar-refractivity contribution in [3.05, 3.63) is 35.6 Å². The molecule has 0 saturated carbocycles. The Morgan fingerprint density at radius 2 is 2.36 bits per heavy atom. The highest BCUT2D eigenvalue weighted by Gasteiger charge is 2.13. The van der Waals surface area contributed by atoms with Gasteiger partial charge in [0.2, 0.25) is 0 Å². The van der Waals surface area contributed by atoms with Crippen molar-refractivity contribution in [2.45, 2.75) is 19.3 Å². The van der Waals surface area contributed by atoms with Gasteiger partial charge in [-0.05, 0) is 56.0 Å². The molecule has 2 rings (SSSR count). The van der Waals surface area contributed by atoms with Crippen molar-refractivity contribution in [3.63, 3.8) is 0 Å². The fourth-order valence-corrected chi connectivity index (χ4v) is 2.02. The molecular formula is C12H16FN. The van der Waals surface area contributed by atoms with Gasteiger partial charge in [0.25, 0.3) is 0 Å². The van der Waals surface area contributed by atoms with Crippen LogP contribution in [0.25, 0.3) is 0 Å². The monoisotopic (exact) mass is 193 g/mol. The summed E-state index contributed by atoms with van der Waals surface area (Å²) < 4.78 is 12.9. The summed E-state index contributed by atoms with van der Waals surface area (Å²) in [6.07, 6.45) is 3.45. The number of aryl methyl sites for hydroxylation is 1. The summed E-state index contributed by atoms with van der Waals surface area (Å²) in [5, 5.41) is 3.35. The molecule has 1 nitrogen and oxygen atoms in total. The molecule has 0 aliphatic carbocycles. The molecular weight excluding hydrogens is 177 g/mol. The van der Waals surface area contributed by atoms with Crippen LogP contribution in [0.15, 0.2) is 24.3 Å². The molecule has 1 aromatic rings. The van der Waals surface area contributed by atoms with E-state index >= 15 is 0 Å². The van der Waals surface area contributed by atoms with Gasteiger partial charge in [0.15, 0.2) is 0 Å². The second kappa shape index (κ2) is 4.56. The molecule has 0 bridgehead atoms. The maximum atomic E-state index is 12.9. The highest BCUT2D eigenvalue weighted by Crippen LogP contribution is 2.16. The van der Waals surface area contributed by atoms with E-state index in [1.165, 1.54) is 18.9 Å². The van der Waals surface area contributed by atoms with Crippen molar-refractivity contribution in [1.82, 2.24) is 5.32 Å². The molecule has 14 heavy (non-hydrogen) atoms. The molecule has 0 spiro atoms. The molecule has 1 atom stereocenters. The van der Waals surface area contributed by atoms with Crippen LogP contribution in [-0.2, 0) is 6.42 Å². The van der Waals surface area contributed by atoms with Crippen molar-refractivity contribution in [2.24, 2.45) is 5.92 Å². The first-order valence-corrected chi connectivity index (χ1v) is 5.30. The molecule has 2 heteroatoms. The van der Waals surface area contributed by atoms with Gasteiger partial charge in [-0.25, -0.2) is 4.39 Å². The Labute approximate surface area is 84.3 Å². The molecule has 0 aromatic heterocycles. The van der Waals surface area contributed by atoms with Crippen LogP contribution in [0.1, 0.15) is 18.4 Å². The van der Waals surface area contributed by atoms with Gasteiger partial charge in [0.05, 0.1) is 0 Å². The van der Waals surface area contributed by atoms with E-state index in [4.69, 9.17) is 0 Å². The molecule has 0 amide bonds. The van der Waals surface area contributed by atoms with E-state index in [9.17, 15) is 4.39 Å². The third-order valence-electron chi connectivity index (χ3n) is 2.89. The lowest BCUT2D eigenvalue weighted by atomic mass is 9.99. The number of hydrogen-bond acceptors (Lipinski definition) is 1. The summed E-state index contributed by atoms with van der Waals surface area (Å²) in [4.78, 5) is 0. The number of hydrogen-bond donors (Lipinski definition) is 1. The Morgan fingerprint density at radius 3 is 3.07 bits per heavy atom. The van der Waals surface area contributed by atoms with Crippen LogP contribution in [0.4, 0.5) is 4.39 Å². The maximum absolute atomic E-state index is 12.9. The standard InChI is InChI=1S/C12H16FN/c13-12-3-1-2-10(8-12)4-5-11-6-7-14-9-11/h1-3,8,11,14H,4-7,9H2/t11-/m0/s1. The van der Waals surface area contributed by atoms with Crippen molar-refractivity contribution in [3.8, 4) is 0 Å². The zero-order valence-electron chi connectivity index (χ0n) is 8.30. The summed E-state index contributed by atoms with van der Waals surface area (Å²) in [6.45, 7) is 2.28. The fourth-order valence-electron chi connectivity index (χ4n) is 2.02. The molecule has 1 saturated heterocycles. The summed E-state index contributed by atoms with van der Waals surface area (Å²) in [6, 6.07) is 6.94. The van der Waals surface area contributed by atoms with Crippen molar-refractivity contribution >= 4 is 0 Å². The molecule has 0 radical (unpaired) electrons. The first-order chi connectivity index (χ1) is 6.84. The van der Waals surface area contributed by atoms with Crippen LogP contribution < -0.4 is 5.32 Å². The molecule has 1 aliphatic rings.